The Balaban J connectivity index is 1.49. The number of halogens is 1. The molecule has 1 aromatic heterocycles. The highest BCUT2D eigenvalue weighted by molar-refractivity contribution is 9.10. The van der Waals surface area contributed by atoms with Crippen LogP contribution in [0.2, 0.25) is 0 Å². The number of benzene rings is 2. The van der Waals surface area contributed by atoms with Crippen molar-refractivity contribution in [3.63, 3.8) is 0 Å². The molecule has 220 valence electrons. The number of methoxy groups -OCH3 is 1. The molecule has 0 spiro atoms. The zero-order valence-electron chi connectivity index (χ0n) is 23.3. The molecule has 42 heavy (non-hydrogen) atoms. The molecule has 2 saturated heterocycles. The van der Waals surface area contributed by atoms with E-state index in [0.29, 0.717) is 30.2 Å². The van der Waals surface area contributed by atoms with Gasteiger partial charge in [0.05, 0.1) is 25.5 Å². The van der Waals surface area contributed by atoms with Crippen molar-refractivity contribution in [1.82, 2.24) is 14.8 Å². The van der Waals surface area contributed by atoms with Gasteiger partial charge in [-0.1, -0.05) is 15.9 Å². The van der Waals surface area contributed by atoms with Crippen molar-refractivity contribution in [3.05, 3.63) is 64.4 Å². The minimum Gasteiger partial charge on any atom is -0.494 e. The number of carbonyl (C=O) groups excluding carboxylic acids is 3. The normalized spacial score (nSPS) is 17.9. The quantitative estimate of drug-likeness (QED) is 0.197. The Morgan fingerprint density at radius 3 is 2.67 bits per heavy atom. The molecule has 3 aromatic rings. The predicted octanol–water partition coefficient (Wildman–Crippen LogP) is 4.25. The number of nitrogens with zero attached hydrogens (tertiary/aromatic N) is 3. The summed E-state index contributed by atoms with van der Waals surface area (Å²) in [7, 11) is 1.28. The third kappa shape index (κ3) is 6.35. The molecule has 2 aliphatic heterocycles. The Bertz CT molecular complexity index is 1550. The smallest absolute Gasteiger partial charge is 0.325 e. The molecule has 10 nitrogen and oxygen atoms in total. The number of hydrogen-bond acceptors (Lipinski definition) is 7. The molecule has 3 heterocycles. The maximum Gasteiger partial charge on any atom is 0.325 e. The van der Waals surface area contributed by atoms with E-state index in [4.69, 9.17) is 26.4 Å². The van der Waals surface area contributed by atoms with Crippen LogP contribution in [0.4, 0.5) is 5.69 Å². The van der Waals surface area contributed by atoms with Crippen molar-refractivity contribution in [3.8, 4) is 5.75 Å². The molecule has 1 atom stereocenters. The van der Waals surface area contributed by atoms with Crippen LogP contribution in [-0.4, -0.2) is 71.9 Å². The summed E-state index contributed by atoms with van der Waals surface area (Å²) in [5, 5.41) is 3.93. The van der Waals surface area contributed by atoms with Crippen molar-refractivity contribution in [2.75, 3.05) is 38.3 Å². The van der Waals surface area contributed by atoms with E-state index in [9.17, 15) is 14.4 Å². The average molecular weight is 656 g/mol. The molecule has 5 rings (SSSR count). The highest BCUT2D eigenvalue weighted by Crippen LogP contribution is 2.33. The van der Waals surface area contributed by atoms with Crippen molar-refractivity contribution in [2.45, 2.75) is 32.4 Å². The van der Waals surface area contributed by atoms with Crippen molar-refractivity contribution >= 4 is 73.7 Å². The van der Waals surface area contributed by atoms with Crippen LogP contribution >= 0.6 is 28.1 Å². The number of anilines is 1. The molecular weight excluding hydrogens is 624 g/mol. The first kappa shape index (κ1) is 29.7. The van der Waals surface area contributed by atoms with Gasteiger partial charge in [0, 0.05) is 40.3 Å². The lowest BCUT2D eigenvalue weighted by Gasteiger charge is -2.19. The van der Waals surface area contributed by atoms with Gasteiger partial charge in [-0.2, -0.15) is 0 Å². The van der Waals surface area contributed by atoms with Crippen LogP contribution in [-0.2, 0) is 30.4 Å². The van der Waals surface area contributed by atoms with E-state index < -0.39 is 11.9 Å². The van der Waals surface area contributed by atoms with Gasteiger partial charge in [0.25, 0.3) is 5.91 Å². The maximum atomic E-state index is 13.9. The summed E-state index contributed by atoms with van der Waals surface area (Å²) < 4.78 is 18.7. The second-order valence-corrected chi connectivity index (χ2v) is 11.1. The Kier molecular flexibility index (Phi) is 9.24. The van der Waals surface area contributed by atoms with Gasteiger partial charge in [0.2, 0.25) is 5.91 Å². The van der Waals surface area contributed by atoms with E-state index in [-0.39, 0.29) is 35.9 Å². The number of amides is 2. The molecule has 12 heteroatoms. The largest absolute Gasteiger partial charge is 0.494 e. The molecule has 0 unspecified atom stereocenters. The highest BCUT2D eigenvalue weighted by Gasteiger charge is 2.40. The number of thiocarbonyl (C=S) groups is 1. The molecule has 0 saturated carbocycles. The van der Waals surface area contributed by atoms with E-state index in [1.54, 1.807) is 30.3 Å². The number of carbonyl (C=O) groups is 3. The van der Waals surface area contributed by atoms with Crippen LogP contribution in [0.5, 0.6) is 5.75 Å². The van der Waals surface area contributed by atoms with E-state index >= 15 is 0 Å². The lowest BCUT2D eigenvalue weighted by molar-refractivity contribution is -0.140. The van der Waals surface area contributed by atoms with Crippen LogP contribution in [0.25, 0.3) is 17.0 Å². The first-order chi connectivity index (χ1) is 20.3. The summed E-state index contributed by atoms with van der Waals surface area (Å²) in [6.45, 7) is 3.44. The SMILES string of the molecule is CCOc1ccc(N2C(=O)/C(=C/c3cn(CC(=O)NC[C@@H]4CCCO4)c4ccc(Br)cc34)N(CC(=O)OC)C2=S)cc1. The summed E-state index contributed by atoms with van der Waals surface area (Å²) in [6, 6.07) is 12.7. The monoisotopic (exact) mass is 654 g/mol. The van der Waals surface area contributed by atoms with Gasteiger partial charge >= 0.3 is 5.97 Å². The van der Waals surface area contributed by atoms with Crippen LogP contribution in [0.3, 0.4) is 0 Å². The zero-order valence-corrected chi connectivity index (χ0v) is 25.7. The van der Waals surface area contributed by atoms with Gasteiger partial charge in [-0.25, -0.2) is 0 Å². The number of aromatic nitrogens is 1. The third-order valence-electron chi connectivity index (χ3n) is 7.09. The van der Waals surface area contributed by atoms with Crippen molar-refractivity contribution in [2.24, 2.45) is 0 Å². The first-order valence-corrected chi connectivity index (χ1v) is 14.8. The first-order valence-electron chi connectivity index (χ1n) is 13.6. The van der Waals surface area contributed by atoms with Crippen LogP contribution in [0, 0.1) is 0 Å². The van der Waals surface area contributed by atoms with Gasteiger partial charge < -0.3 is 29.0 Å². The number of hydrogen-bond donors (Lipinski definition) is 1. The molecule has 2 fully saturated rings. The number of esters is 1. The minimum atomic E-state index is -0.544. The summed E-state index contributed by atoms with van der Waals surface area (Å²) in [4.78, 5) is 41.9. The Labute approximate surface area is 257 Å². The van der Waals surface area contributed by atoms with Crippen molar-refractivity contribution in [1.29, 1.82) is 0 Å². The summed E-state index contributed by atoms with van der Waals surface area (Å²) >= 11 is 9.23. The van der Waals surface area contributed by atoms with E-state index in [2.05, 4.69) is 21.2 Å². The number of nitrogens with one attached hydrogen (secondary N) is 1. The lowest BCUT2D eigenvalue weighted by Crippen LogP contribution is -2.35. The number of rotatable bonds is 10. The predicted molar refractivity (Wildman–Crippen MR) is 166 cm³/mol. The molecule has 2 aliphatic rings. The van der Waals surface area contributed by atoms with Crippen LogP contribution in [0.1, 0.15) is 25.3 Å². The van der Waals surface area contributed by atoms with Gasteiger partial charge in [-0.3, -0.25) is 19.3 Å². The van der Waals surface area contributed by atoms with Crippen LogP contribution < -0.4 is 15.0 Å². The molecule has 2 amide bonds. The Hall–Kier alpha value is -3.74. The maximum absolute atomic E-state index is 13.9. The number of ether oxygens (including phenoxy) is 3. The average Bonchev–Trinajstić information content (AvgIpc) is 3.67. The molecule has 2 aromatic carbocycles. The fourth-order valence-electron chi connectivity index (χ4n) is 5.05. The zero-order chi connectivity index (χ0) is 29.8. The second-order valence-electron chi connectivity index (χ2n) is 9.85. The molecular formula is C30H31BrN4O6S. The Morgan fingerprint density at radius 2 is 1.98 bits per heavy atom. The standard InChI is InChI=1S/C30H31BrN4O6S/c1-3-40-22-9-7-21(8-10-22)35-29(38)26(34(30(35)42)18-28(37)39-2)13-19-16-33(25-11-6-20(31)14-24(19)25)17-27(36)32-15-23-5-4-12-41-23/h6-11,13-14,16,23H,3-5,12,15,17-18H2,1-2H3,(H,32,36)/b26-13-/t23-/m0/s1. The molecule has 0 bridgehead atoms. The molecule has 1 N–H and O–H groups in total. The summed E-state index contributed by atoms with van der Waals surface area (Å²) in [5.41, 5.74) is 2.25. The van der Waals surface area contributed by atoms with Gasteiger partial charge in [-0.15, -0.1) is 0 Å². The lowest BCUT2D eigenvalue weighted by atomic mass is 10.1. The topological polar surface area (TPSA) is 102 Å². The summed E-state index contributed by atoms with van der Waals surface area (Å²) in [5.74, 6) is -0.410. The fourth-order valence-corrected chi connectivity index (χ4v) is 5.76. The third-order valence-corrected chi connectivity index (χ3v) is 7.98. The molecule has 0 radical (unpaired) electrons. The van der Waals surface area contributed by atoms with E-state index in [1.165, 1.54) is 16.9 Å². The van der Waals surface area contributed by atoms with Gasteiger partial charge in [0.15, 0.2) is 5.11 Å². The van der Waals surface area contributed by atoms with Crippen LogP contribution in [0.15, 0.2) is 58.8 Å². The number of fused-ring (bicyclic) bond motifs is 1. The van der Waals surface area contributed by atoms with E-state index in [1.807, 2.05) is 35.9 Å². The second kappa shape index (κ2) is 13.1. The van der Waals surface area contributed by atoms with Gasteiger partial charge in [0.1, 0.15) is 24.5 Å². The Morgan fingerprint density at radius 1 is 1.19 bits per heavy atom. The molecule has 0 aliphatic carbocycles. The minimum absolute atomic E-state index is 0.0444. The summed E-state index contributed by atoms with van der Waals surface area (Å²) in [6.07, 6.45) is 5.50. The van der Waals surface area contributed by atoms with Gasteiger partial charge in [-0.05, 0) is 80.5 Å². The van der Waals surface area contributed by atoms with Crippen molar-refractivity contribution < 1.29 is 28.6 Å². The fraction of sp³-hybridized carbons (Fsp3) is 0.333. The van der Waals surface area contributed by atoms with E-state index in [0.717, 1.165) is 34.8 Å². The highest BCUT2D eigenvalue weighted by atomic mass is 79.9.